The Labute approximate surface area is 158 Å². The third-order valence-electron chi connectivity index (χ3n) is 4.85. The van der Waals surface area contributed by atoms with Gasteiger partial charge in [-0.3, -0.25) is 0 Å². The van der Waals surface area contributed by atoms with Gasteiger partial charge in [-0.25, -0.2) is 9.78 Å². The summed E-state index contributed by atoms with van der Waals surface area (Å²) in [6.45, 7) is 2.66. The SMILES string of the molecule is Cc1[nH]cnc1C=CCNC(=O)OCC1c2ccccc2-c2ccccc21. The highest BCUT2D eigenvalue weighted by molar-refractivity contribution is 5.79. The Balaban J connectivity index is 1.35. The number of amides is 1. The van der Waals surface area contributed by atoms with E-state index in [0.29, 0.717) is 13.2 Å². The number of H-pyrrole nitrogens is 1. The molecule has 0 fully saturated rings. The molecule has 0 saturated heterocycles. The van der Waals surface area contributed by atoms with Gasteiger partial charge < -0.3 is 15.0 Å². The lowest BCUT2D eigenvalue weighted by Crippen LogP contribution is -2.26. The zero-order chi connectivity index (χ0) is 18.6. The smallest absolute Gasteiger partial charge is 0.407 e. The minimum Gasteiger partial charge on any atom is -0.449 e. The first-order valence-corrected chi connectivity index (χ1v) is 8.99. The average molecular weight is 359 g/mol. The zero-order valence-corrected chi connectivity index (χ0v) is 15.1. The van der Waals surface area contributed by atoms with Crippen molar-refractivity contribution in [1.82, 2.24) is 15.3 Å². The van der Waals surface area contributed by atoms with Crippen LogP contribution in [0.25, 0.3) is 17.2 Å². The largest absolute Gasteiger partial charge is 0.449 e. The summed E-state index contributed by atoms with van der Waals surface area (Å²) in [5, 5.41) is 2.75. The van der Waals surface area contributed by atoms with Crippen molar-refractivity contribution in [3.8, 4) is 11.1 Å². The molecule has 2 N–H and O–H groups in total. The predicted octanol–water partition coefficient (Wildman–Crippen LogP) is 4.27. The van der Waals surface area contributed by atoms with Crippen LogP contribution in [0.1, 0.15) is 28.4 Å². The van der Waals surface area contributed by atoms with Gasteiger partial charge in [0.1, 0.15) is 6.61 Å². The van der Waals surface area contributed by atoms with Crippen molar-refractivity contribution in [2.45, 2.75) is 12.8 Å². The molecule has 1 heterocycles. The number of alkyl carbamates (subject to hydrolysis) is 1. The molecule has 3 aromatic rings. The molecule has 5 nitrogen and oxygen atoms in total. The Hall–Kier alpha value is -3.34. The molecule has 0 saturated carbocycles. The number of imidazole rings is 1. The third-order valence-corrected chi connectivity index (χ3v) is 4.85. The number of nitrogens with zero attached hydrogens (tertiary/aromatic N) is 1. The highest BCUT2D eigenvalue weighted by Gasteiger charge is 2.28. The molecule has 27 heavy (non-hydrogen) atoms. The second-order valence-corrected chi connectivity index (χ2v) is 6.52. The molecular weight excluding hydrogens is 338 g/mol. The van der Waals surface area contributed by atoms with Crippen LogP contribution >= 0.6 is 0 Å². The minimum absolute atomic E-state index is 0.0744. The van der Waals surface area contributed by atoms with Crippen molar-refractivity contribution in [3.05, 3.63) is 83.4 Å². The summed E-state index contributed by atoms with van der Waals surface area (Å²) < 4.78 is 5.49. The van der Waals surface area contributed by atoms with Gasteiger partial charge in [-0.05, 0) is 35.3 Å². The Kier molecular flexibility index (Phi) is 4.75. The number of rotatable bonds is 5. The van der Waals surface area contributed by atoms with Crippen molar-refractivity contribution in [3.63, 3.8) is 0 Å². The average Bonchev–Trinajstić information content (AvgIpc) is 3.25. The van der Waals surface area contributed by atoms with Crippen LogP contribution in [0.4, 0.5) is 4.79 Å². The lowest BCUT2D eigenvalue weighted by Gasteiger charge is -2.14. The van der Waals surface area contributed by atoms with Gasteiger partial charge in [0.15, 0.2) is 0 Å². The number of nitrogens with one attached hydrogen (secondary N) is 2. The summed E-state index contributed by atoms with van der Waals surface area (Å²) in [6, 6.07) is 16.6. The van der Waals surface area contributed by atoms with E-state index >= 15 is 0 Å². The van der Waals surface area contributed by atoms with Gasteiger partial charge in [0.05, 0.1) is 12.0 Å². The summed E-state index contributed by atoms with van der Waals surface area (Å²) in [4.78, 5) is 19.3. The van der Waals surface area contributed by atoms with Crippen LogP contribution in [-0.2, 0) is 4.74 Å². The van der Waals surface area contributed by atoms with Crippen LogP contribution in [0.15, 0.2) is 60.9 Å². The lowest BCUT2D eigenvalue weighted by molar-refractivity contribution is 0.144. The lowest BCUT2D eigenvalue weighted by atomic mass is 9.98. The standard InChI is InChI=1S/C22H21N3O2/c1-15-21(25-14-24-15)11-6-12-23-22(26)27-13-20-18-9-4-2-7-16(18)17-8-3-5-10-19(17)20/h2-11,14,20H,12-13H2,1H3,(H,23,26)(H,24,25). The molecule has 5 heteroatoms. The maximum atomic E-state index is 12.1. The van der Waals surface area contributed by atoms with E-state index in [2.05, 4.69) is 39.6 Å². The Morgan fingerprint density at radius 3 is 2.44 bits per heavy atom. The molecule has 1 aliphatic carbocycles. The van der Waals surface area contributed by atoms with Gasteiger partial charge in [0.2, 0.25) is 0 Å². The highest BCUT2D eigenvalue weighted by atomic mass is 16.5. The van der Waals surface area contributed by atoms with Crippen molar-refractivity contribution in [2.24, 2.45) is 0 Å². The van der Waals surface area contributed by atoms with Crippen molar-refractivity contribution < 1.29 is 9.53 Å². The van der Waals surface area contributed by atoms with Crippen molar-refractivity contribution >= 4 is 12.2 Å². The Morgan fingerprint density at radius 1 is 1.15 bits per heavy atom. The molecule has 1 amide bonds. The molecule has 1 aromatic heterocycles. The Bertz CT molecular complexity index is 945. The second kappa shape index (κ2) is 7.50. The van der Waals surface area contributed by atoms with E-state index in [1.165, 1.54) is 22.3 Å². The number of hydrogen-bond acceptors (Lipinski definition) is 3. The monoisotopic (exact) mass is 359 g/mol. The van der Waals surface area contributed by atoms with Gasteiger partial charge in [-0.1, -0.05) is 54.6 Å². The molecule has 0 atom stereocenters. The van der Waals surface area contributed by atoms with Gasteiger partial charge in [0.25, 0.3) is 0 Å². The predicted molar refractivity (Wildman–Crippen MR) is 105 cm³/mol. The number of ether oxygens (including phenoxy) is 1. The van der Waals surface area contributed by atoms with E-state index in [4.69, 9.17) is 4.74 Å². The first-order chi connectivity index (χ1) is 13.2. The van der Waals surface area contributed by atoms with E-state index in [1.807, 2.05) is 43.3 Å². The number of aromatic nitrogens is 2. The molecule has 0 aliphatic heterocycles. The molecule has 0 spiro atoms. The normalized spacial score (nSPS) is 12.8. The van der Waals surface area contributed by atoms with Crippen LogP contribution in [0.3, 0.4) is 0 Å². The molecule has 0 bridgehead atoms. The Morgan fingerprint density at radius 2 is 1.81 bits per heavy atom. The van der Waals surface area contributed by atoms with Gasteiger partial charge in [-0.2, -0.15) is 0 Å². The van der Waals surface area contributed by atoms with Crippen molar-refractivity contribution in [1.29, 1.82) is 0 Å². The topological polar surface area (TPSA) is 67.0 Å². The van der Waals surface area contributed by atoms with Crippen LogP contribution in [0, 0.1) is 6.92 Å². The second-order valence-electron chi connectivity index (χ2n) is 6.52. The van der Waals surface area contributed by atoms with Crippen LogP contribution < -0.4 is 5.32 Å². The summed E-state index contributed by atoms with van der Waals surface area (Å²) in [5.74, 6) is 0.0744. The first-order valence-electron chi connectivity index (χ1n) is 8.99. The van der Waals surface area contributed by atoms with E-state index in [0.717, 1.165) is 11.4 Å². The molecule has 1 aliphatic rings. The summed E-state index contributed by atoms with van der Waals surface area (Å²) >= 11 is 0. The summed E-state index contributed by atoms with van der Waals surface area (Å²) in [7, 11) is 0. The van der Waals surface area contributed by atoms with Crippen LogP contribution in [-0.4, -0.2) is 29.2 Å². The number of carbonyl (C=O) groups is 1. The van der Waals surface area contributed by atoms with Gasteiger partial charge in [0, 0.05) is 18.2 Å². The summed E-state index contributed by atoms with van der Waals surface area (Å²) in [5.41, 5.74) is 6.72. The number of benzene rings is 2. The summed E-state index contributed by atoms with van der Waals surface area (Å²) in [6.07, 6.45) is 4.95. The molecule has 2 aromatic carbocycles. The molecule has 4 rings (SSSR count). The maximum absolute atomic E-state index is 12.1. The maximum Gasteiger partial charge on any atom is 0.407 e. The number of hydrogen-bond donors (Lipinski definition) is 2. The van der Waals surface area contributed by atoms with Gasteiger partial charge >= 0.3 is 6.09 Å². The number of aryl methyl sites for hydroxylation is 1. The first kappa shape index (κ1) is 17.1. The quantitative estimate of drug-likeness (QED) is 0.715. The fourth-order valence-corrected chi connectivity index (χ4v) is 3.50. The van der Waals surface area contributed by atoms with Crippen molar-refractivity contribution in [2.75, 3.05) is 13.2 Å². The molecule has 136 valence electrons. The molecule has 0 radical (unpaired) electrons. The third kappa shape index (κ3) is 3.49. The fourth-order valence-electron chi connectivity index (χ4n) is 3.50. The van der Waals surface area contributed by atoms with Crippen LogP contribution in [0.2, 0.25) is 0 Å². The van der Waals surface area contributed by atoms with Crippen LogP contribution in [0.5, 0.6) is 0 Å². The molecular formula is C22H21N3O2. The fraction of sp³-hybridized carbons (Fsp3) is 0.182. The van der Waals surface area contributed by atoms with E-state index in [9.17, 15) is 4.79 Å². The highest BCUT2D eigenvalue weighted by Crippen LogP contribution is 2.44. The molecule has 0 unspecified atom stereocenters. The number of aromatic amines is 1. The minimum atomic E-state index is -0.416. The van der Waals surface area contributed by atoms with E-state index in [-0.39, 0.29) is 5.92 Å². The van der Waals surface area contributed by atoms with E-state index in [1.54, 1.807) is 6.33 Å². The zero-order valence-electron chi connectivity index (χ0n) is 15.1. The van der Waals surface area contributed by atoms with E-state index < -0.39 is 6.09 Å². The van der Waals surface area contributed by atoms with Gasteiger partial charge in [-0.15, -0.1) is 0 Å². The number of fused-ring (bicyclic) bond motifs is 3. The number of carbonyl (C=O) groups excluding carboxylic acids is 1.